The first-order chi connectivity index (χ1) is 9.78. The van der Waals surface area contributed by atoms with Crippen molar-refractivity contribution < 1.29 is 0 Å². The zero-order valence-electron chi connectivity index (χ0n) is 12.4. The third kappa shape index (κ3) is 2.73. The number of imidazole rings is 1. The van der Waals surface area contributed by atoms with Gasteiger partial charge >= 0.3 is 0 Å². The smallest absolute Gasteiger partial charge is 0.109 e. The van der Waals surface area contributed by atoms with Gasteiger partial charge in [0.1, 0.15) is 5.82 Å². The van der Waals surface area contributed by atoms with Crippen molar-refractivity contribution in [1.82, 2.24) is 9.55 Å². The number of nitrogens with two attached hydrogens (primary N) is 1. The van der Waals surface area contributed by atoms with E-state index in [0.29, 0.717) is 6.54 Å². The monoisotopic (exact) mass is 271 g/mol. The maximum absolute atomic E-state index is 5.73. The average Bonchev–Trinajstić information content (AvgIpc) is 2.66. The van der Waals surface area contributed by atoms with Crippen LogP contribution in [-0.4, -0.2) is 9.55 Å². The first-order valence-corrected chi connectivity index (χ1v) is 7.92. The number of fused-ring (bicyclic) bond motifs is 1. The molecule has 1 fully saturated rings. The molecule has 1 aromatic carbocycles. The molecule has 2 aromatic rings. The molecule has 0 saturated heterocycles. The summed E-state index contributed by atoms with van der Waals surface area (Å²) in [6, 6.07) is 6.37. The zero-order valence-corrected chi connectivity index (χ0v) is 12.4. The highest BCUT2D eigenvalue weighted by atomic mass is 15.1. The molecular formula is C17H25N3. The van der Waals surface area contributed by atoms with Gasteiger partial charge in [-0.1, -0.05) is 44.6 Å². The first-order valence-electron chi connectivity index (χ1n) is 7.92. The molecule has 3 rings (SSSR count). The molecule has 2 N–H and O–H groups in total. The summed E-state index contributed by atoms with van der Waals surface area (Å²) < 4.78 is 2.26. The minimum absolute atomic E-state index is 0.596. The van der Waals surface area contributed by atoms with Crippen LogP contribution >= 0.6 is 0 Å². The van der Waals surface area contributed by atoms with E-state index in [1.165, 1.54) is 55.4 Å². The molecule has 0 spiro atoms. The maximum atomic E-state index is 5.73. The molecule has 0 unspecified atom stereocenters. The maximum Gasteiger partial charge on any atom is 0.109 e. The van der Waals surface area contributed by atoms with E-state index in [1.54, 1.807) is 0 Å². The van der Waals surface area contributed by atoms with Gasteiger partial charge in [0.2, 0.25) is 0 Å². The molecular weight excluding hydrogens is 246 g/mol. The highest BCUT2D eigenvalue weighted by Crippen LogP contribution is 2.27. The normalized spacial score (nSPS) is 17.5. The topological polar surface area (TPSA) is 43.8 Å². The van der Waals surface area contributed by atoms with Crippen LogP contribution in [0.1, 0.15) is 49.9 Å². The van der Waals surface area contributed by atoms with Gasteiger partial charge in [-0.25, -0.2) is 4.98 Å². The number of nitrogens with zero attached hydrogens (tertiary/aromatic N) is 2. The zero-order chi connectivity index (χ0) is 13.9. The van der Waals surface area contributed by atoms with Crippen LogP contribution in [0.3, 0.4) is 0 Å². The van der Waals surface area contributed by atoms with E-state index in [1.807, 2.05) is 0 Å². The molecule has 0 amide bonds. The Kier molecular flexibility index (Phi) is 4.06. The SMILES string of the molecule is Cn1c(CC2CCCCCC2)nc2ccc(CN)cc21. The molecule has 3 heteroatoms. The quantitative estimate of drug-likeness (QED) is 0.868. The summed E-state index contributed by atoms with van der Waals surface area (Å²) in [5.74, 6) is 2.06. The Morgan fingerprint density at radius 2 is 1.95 bits per heavy atom. The van der Waals surface area contributed by atoms with Crippen LogP contribution in [0, 0.1) is 5.92 Å². The van der Waals surface area contributed by atoms with Crippen molar-refractivity contribution in [2.75, 3.05) is 0 Å². The Labute approximate surface area is 121 Å². The summed E-state index contributed by atoms with van der Waals surface area (Å²) in [7, 11) is 2.14. The average molecular weight is 271 g/mol. The van der Waals surface area contributed by atoms with Gasteiger partial charge in [-0.2, -0.15) is 0 Å². The second kappa shape index (κ2) is 5.96. The fraction of sp³-hybridized carbons (Fsp3) is 0.588. The van der Waals surface area contributed by atoms with Gasteiger partial charge < -0.3 is 10.3 Å². The number of aromatic nitrogens is 2. The van der Waals surface area contributed by atoms with Crippen molar-refractivity contribution in [3.63, 3.8) is 0 Å². The van der Waals surface area contributed by atoms with Crippen LogP contribution in [0.15, 0.2) is 18.2 Å². The van der Waals surface area contributed by atoms with Gasteiger partial charge in [0.25, 0.3) is 0 Å². The molecule has 0 aliphatic heterocycles. The van der Waals surface area contributed by atoms with Gasteiger partial charge in [-0.05, 0) is 23.6 Å². The highest BCUT2D eigenvalue weighted by Gasteiger charge is 2.16. The Balaban J connectivity index is 1.85. The standard InChI is InChI=1S/C17H25N3/c1-20-16-10-14(12-18)8-9-15(16)19-17(20)11-13-6-4-2-3-5-7-13/h8-10,13H,2-7,11-12,18H2,1H3. The Hall–Kier alpha value is -1.35. The summed E-state index contributed by atoms with van der Waals surface area (Å²) >= 11 is 0. The molecule has 1 saturated carbocycles. The van der Waals surface area contributed by atoms with E-state index in [-0.39, 0.29) is 0 Å². The molecule has 1 heterocycles. The van der Waals surface area contributed by atoms with E-state index in [9.17, 15) is 0 Å². The van der Waals surface area contributed by atoms with Gasteiger partial charge in [-0.15, -0.1) is 0 Å². The minimum atomic E-state index is 0.596. The lowest BCUT2D eigenvalue weighted by Gasteiger charge is -2.13. The van der Waals surface area contributed by atoms with Crippen molar-refractivity contribution in [1.29, 1.82) is 0 Å². The van der Waals surface area contributed by atoms with Gasteiger partial charge in [0, 0.05) is 20.0 Å². The van der Waals surface area contributed by atoms with E-state index in [0.717, 1.165) is 17.9 Å². The predicted octanol–water partition coefficient (Wildman–Crippen LogP) is 3.54. The lowest BCUT2D eigenvalue weighted by molar-refractivity contribution is 0.444. The Morgan fingerprint density at radius 3 is 2.65 bits per heavy atom. The summed E-state index contributed by atoms with van der Waals surface area (Å²) in [6.45, 7) is 0.596. The van der Waals surface area contributed by atoms with Crippen LogP contribution in [-0.2, 0) is 20.0 Å². The largest absolute Gasteiger partial charge is 0.331 e. The third-order valence-electron chi connectivity index (χ3n) is 4.72. The van der Waals surface area contributed by atoms with Crippen LogP contribution in [0.5, 0.6) is 0 Å². The van der Waals surface area contributed by atoms with Crippen LogP contribution in [0.4, 0.5) is 0 Å². The summed E-state index contributed by atoms with van der Waals surface area (Å²) in [5, 5.41) is 0. The van der Waals surface area contributed by atoms with Crippen molar-refractivity contribution in [2.24, 2.45) is 18.7 Å². The van der Waals surface area contributed by atoms with Crippen molar-refractivity contribution in [3.8, 4) is 0 Å². The van der Waals surface area contributed by atoms with E-state index >= 15 is 0 Å². The van der Waals surface area contributed by atoms with Gasteiger partial charge in [0.15, 0.2) is 0 Å². The molecule has 1 aliphatic rings. The lowest BCUT2D eigenvalue weighted by Crippen LogP contribution is -2.08. The molecule has 1 aromatic heterocycles. The Bertz CT molecular complexity index is 577. The van der Waals surface area contributed by atoms with Gasteiger partial charge in [-0.3, -0.25) is 0 Å². The molecule has 3 nitrogen and oxygen atoms in total. The third-order valence-corrected chi connectivity index (χ3v) is 4.72. The fourth-order valence-electron chi connectivity index (χ4n) is 3.42. The van der Waals surface area contributed by atoms with Crippen LogP contribution in [0.2, 0.25) is 0 Å². The molecule has 20 heavy (non-hydrogen) atoms. The molecule has 108 valence electrons. The predicted molar refractivity (Wildman–Crippen MR) is 83.5 cm³/mol. The minimum Gasteiger partial charge on any atom is -0.331 e. The van der Waals surface area contributed by atoms with E-state index < -0.39 is 0 Å². The van der Waals surface area contributed by atoms with Gasteiger partial charge in [0.05, 0.1) is 11.0 Å². The summed E-state index contributed by atoms with van der Waals surface area (Å²) in [6.07, 6.45) is 9.49. The lowest BCUT2D eigenvalue weighted by atomic mass is 9.96. The molecule has 0 atom stereocenters. The molecule has 1 aliphatic carbocycles. The summed E-state index contributed by atoms with van der Waals surface area (Å²) in [5.41, 5.74) is 9.24. The summed E-state index contributed by atoms with van der Waals surface area (Å²) in [4.78, 5) is 4.83. The number of hydrogen-bond acceptors (Lipinski definition) is 2. The van der Waals surface area contributed by atoms with Crippen molar-refractivity contribution in [3.05, 3.63) is 29.6 Å². The van der Waals surface area contributed by atoms with Crippen molar-refractivity contribution in [2.45, 2.75) is 51.5 Å². The number of hydrogen-bond donors (Lipinski definition) is 1. The number of aryl methyl sites for hydroxylation is 1. The first kappa shape index (κ1) is 13.6. The van der Waals surface area contributed by atoms with E-state index in [2.05, 4.69) is 29.8 Å². The second-order valence-electron chi connectivity index (χ2n) is 6.18. The molecule has 0 bridgehead atoms. The van der Waals surface area contributed by atoms with Crippen LogP contribution in [0.25, 0.3) is 11.0 Å². The van der Waals surface area contributed by atoms with Crippen LogP contribution < -0.4 is 5.73 Å². The number of benzene rings is 1. The van der Waals surface area contributed by atoms with Crippen molar-refractivity contribution >= 4 is 11.0 Å². The van der Waals surface area contributed by atoms with E-state index in [4.69, 9.17) is 10.7 Å². The number of rotatable bonds is 3. The fourth-order valence-corrected chi connectivity index (χ4v) is 3.42. The highest BCUT2D eigenvalue weighted by molar-refractivity contribution is 5.76. The second-order valence-corrected chi connectivity index (χ2v) is 6.18. The molecule has 0 radical (unpaired) electrons. The Morgan fingerprint density at radius 1 is 1.20 bits per heavy atom.